The van der Waals surface area contributed by atoms with Crippen molar-refractivity contribution in [2.45, 2.75) is 30.8 Å². The molecule has 0 radical (unpaired) electrons. The lowest BCUT2D eigenvalue weighted by Gasteiger charge is -2.23. The second-order valence-corrected chi connectivity index (χ2v) is 6.10. The number of hydrogen-bond donors (Lipinski definition) is 1. The molecular weight excluding hydrogens is 248 g/mol. The molecule has 3 nitrogen and oxygen atoms in total. The maximum atomic E-state index is 12.0. The molecule has 1 N–H and O–H groups in total. The molecule has 0 spiro atoms. The van der Waals surface area contributed by atoms with Crippen molar-refractivity contribution in [1.29, 1.82) is 0 Å². The second kappa shape index (κ2) is 6.16. The summed E-state index contributed by atoms with van der Waals surface area (Å²) < 4.78 is 17.1. The topological polar surface area (TPSA) is 46.5 Å². The summed E-state index contributed by atoms with van der Waals surface area (Å²) in [5.74, 6) is 1.15. The summed E-state index contributed by atoms with van der Waals surface area (Å²) >= 11 is 0. The quantitative estimate of drug-likeness (QED) is 0.806. The summed E-state index contributed by atoms with van der Waals surface area (Å²) in [7, 11) is 0.480. The van der Waals surface area contributed by atoms with Crippen LogP contribution in [0.15, 0.2) is 41.3 Å². The van der Waals surface area contributed by atoms with Gasteiger partial charge < -0.3 is 9.84 Å². The fourth-order valence-electron chi connectivity index (χ4n) is 1.35. The minimum Gasteiger partial charge on any atom is -0.497 e. The zero-order chi connectivity index (χ0) is 13.8. The maximum Gasteiger partial charge on any atom is 0.118 e. The average Bonchev–Trinajstić information content (AvgIpc) is 2.36. The molecule has 0 fully saturated rings. The van der Waals surface area contributed by atoms with E-state index in [2.05, 4.69) is 6.58 Å². The monoisotopic (exact) mass is 268 g/mol. The number of aliphatic hydroxyl groups is 1. The molecule has 4 heteroatoms. The molecule has 0 aliphatic rings. The van der Waals surface area contributed by atoms with Crippen molar-refractivity contribution in [3.8, 4) is 5.75 Å². The first-order chi connectivity index (χ1) is 8.36. The number of rotatable bonds is 6. The van der Waals surface area contributed by atoms with Gasteiger partial charge in [0.05, 0.1) is 23.5 Å². The average molecular weight is 268 g/mol. The minimum absolute atomic E-state index is 0.409. The van der Waals surface area contributed by atoms with E-state index in [1.807, 2.05) is 0 Å². The zero-order valence-corrected chi connectivity index (χ0v) is 11.9. The van der Waals surface area contributed by atoms with Crippen molar-refractivity contribution in [2.24, 2.45) is 0 Å². The third-order valence-electron chi connectivity index (χ3n) is 3.02. The van der Waals surface area contributed by atoms with Gasteiger partial charge in [0, 0.05) is 10.6 Å². The molecule has 0 bridgehead atoms. The normalized spacial score (nSPS) is 15.8. The Bertz CT molecular complexity index is 435. The van der Waals surface area contributed by atoms with E-state index in [9.17, 15) is 9.32 Å². The summed E-state index contributed by atoms with van der Waals surface area (Å²) in [5.41, 5.74) is -0.267. The SMILES string of the molecule is C=C(C)[C@](C)(O)CCS(=O)c1ccc(OC)cc1. The summed E-state index contributed by atoms with van der Waals surface area (Å²) in [4.78, 5) is 0.744. The van der Waals surface area contributed by atoms with Crippen LogP contribution in [0.5, 0.6) is 5.75 Å². The van der Waals surface area contributed by atoms with Gasteiger partial charge in [-0.15, -0.1) is 0 Å². The molecule has 1 unspecified atom stereocenters. The predicted molar refractivity (Wildman–Crippen MR) is 74.3 cm³/mol. The Labute approximate surface area is 111 Å². The van der Waals surface area contributed by atoms with Gasteiger partial charge in [-0.3, -0.25) is 4.21 Å². The lowest BCUT2D eigenvalue weighted by molar-refractivity contribution is 0.0961. The molecule has 0 heterocycles. The van der Waals surface area contributed by atoms with Crippen LogP contribution < -0.4 is 4.74 Å². The van der Waals surface area contributed by atoms with Crippen LogP contribution >= 0.6 is 0 Å². The zero-order valence-electron chi connectivity index (χ0n) is 11.1. The van der Waals surface area contributed by atoms with Gasteiger partial charge in [-0.05, 0) is 50.1 Å². The molecule has 1 aromatic rings. The second-order valence-electron chi connectivity index (χ2n) is 4.53. The number of methoxy groups -OCH3 is 1. The number of ether oxygens (including phenoxy) is 1. The molecule has 0 saturated heterocycles. The number of benzene rings is 1. The van der Waals surface area contributed by atoms with Crippen LogP contribution in [-0.2, 0) is 10.8 Å². The molecule has 1 rings (SSSR count). The van der Waals surface area contributed by atoms with Crippen molar-refractivity contribution in [3.05, 3.63) is 36.4 Å². The first-order valence-electron chi connectivity index (χ1n) is 5.77. The summed E-state index contributed by atoms with van der Waals surface area (Å²) in [6.07, 6.45) is 0.432. The van der Waals surface area contributed by atoms with E-state index in [4.69, 9.17) is 4.74 Å². The maximum absolute atomic E-state index is 12.0. The first-order valence-corrected chi connectivity index (χ1v) is 7.09. The fourth-order valence-corrected chi connectivity index (χ4v) is 2.61. The van der Waals surface area contributed by atoms with Gasteiger partial charge in [0.1, 0.15) is 5.75 Å². The first kappa shape index (κ1) is 14.9. The van der Waals surface area contributed by atoms with Crippen LogP contribution in [0.2, 0.25) is 0 Å². The van der Waals surface area contributed by atoms with Gasteiger partial charge in [-0.25, -0.2) is 0 Å². The van der Waals surface area contributed by atoms with Crippen molar-refractivity contribution in [1.82, 2.24) is 0 Å². The summed E-state index contributed by atoms with van der Waals surface area (Å²) in [5, 5.41) is 10.0. The highest BCUT2D eigenvalue weighted by Crippen LogP contribution is 2.21. The van der Waals surface area contributed by atoms with Crippen molar-refractivity contribution in [2.75, 3.05) is 12.9 Å². The van der Waals surface area contributed by atoms with Crippen LogP contribution in [0.25, 0.3) is 0 Å². The third kappa shape index (κ3) is 3.96. The van der Waals surface area contributed by atoms with E-state index in [1.54, 1.807) is 45.2 Å². The van der Waals surface area contributed by atoms with Gasteiger partial charge in [0.25, 0.3) is 0 Å². The Kier molecular flexibility index (Phi) is 5.11. The molecule has 0 amide bonds. The van der Waals surface area contributed by atoms with Gasteiger partial charge in [-0.2, -0.15) is 0 Å². The van der Waals surface area contributed by atoms with Crippen LogP contribution in [0.4, 0.5) is 0 Å². The Hall–Kier alpha value is -1.13. The van der Waals surface area contributed by atoms with E-state index in [0.29, 0.717) is 17.7 Å². The minimum atomic E-state index is -1.11. The molecule has 100 valence electrons. The Balaban J connectivity index is 2.63. The van der Waals surface area contributed by atoms with Gasteiger partial charge in [0.2, 0.25) is 0 Å². The molecular formula is C14H20O3S. The standard InChI is InChI=1S/C14H20O3S/c1-11(2)14(3,15)9-10-18(16)13-7-5-12(17-4)6-8-13/h5-8,15H,1,9-10H2,2-4H3/t14-,18?/m1/s1. The number of hydrogen-bond acceptors (Lipinski definition) is 3. The highest BCUT2D eigenvalue weighted by Gasteiger charge is 2.22. The van der Waals surface area contributed by atoms with Crippen LogP contribution in [0, 0.1) is 0 Å². The fraction of sp³-hybridized carbons (Fsp3) is 0.429. The molecule has 0 aromatic heterocycles. The largest absolute Gasteiger partial charge is 0.497 e. The van der Waals surface area contributed by atoms with E-state index in [0.717, 1.165) is 10.6 Å². The van der Waals surface area contributed by atoms with Crippen molar-refractivity contribution >= 4 is 10.8 Å². The molecule has 0 aliphatic heterocycles. The van der Waals surface area contributed by atoms with E-state index < -0.39 is 16.4 Å². The van der Waals surface area contributed by atoms with E-state index >= 15 is 0 Å². The molecule has 0 aliphatic carbocycles. The summed E-state index contributed by atoms with van der Waals surface area (Å²) in [6.45, 7) is 7.20. The molecule has 18 heavy (non-hydrogen) atoms. The lowest BCUT2D eigenvalue weighted by atomic mass is 9.96. The Morgan fingerprint density at radius 1 is 1.44 bits per heavy atom. The highest BCUT2D eigenvalue weighted by atomic mass is 32.2. The van der Waals surface area contributed by atoms with Crippen molar-refractivity contribution in [3.63, 3.8) is 0 Å². The predicted octanol–water partition coefficient (Wildman–Crippen LogP) is 2.52. The highest BCUT2D eigenvalue weighted by molar-refractivity contribution is 7.85. The van der Waals surface area contributed by atoms with Crippen LogP contribution in [0.3, 0.4) is 0 Å². The molecule has 0 saturated carbocycles. The van der Waals surface area contributed by atoms with Gasteiger partial charge >= 0.3 is 0 Å². The van der Waals surface area contributed by atoms with Gasteiger partial charge in [-0.1, -0.05) is 6.58 Å². The van der Waals surface area contributed by atoms with Gasteiger partial charge in [0.15, 0.2) is 0 Å². The molecule has 1 aromatic carbocycles. The van der Waals surface area contributed by atoms with Crippen LogP contribution in [-0.4, -0.2) is 27.8 Å². The summed E-state index contributed by atoms with van der Waals surface area (Å²) in [6, 6.07) is 7.13. The van der Waals surface area contributed by atoms with E-state index in [1.165, 1.54) is 0 Å². The Morgan fingerprint density at radius 2 is 2.00 bits per heavy atom. The Morgan fingerprint density at radius 3 is 2.44 bits per heavy atom. The lowest BCUT2D eigenvalue weighted by Crippen LogP contribution is -2.27. The van der Waals surface area contributed by atoms with E-state index in [-0.39, 0.29) is 0 Å². The molecule has 2 atom stereocenters. The van der Waals surface area contributed by atoms with Crippen molar-refractivity contribution < 1.29 is 14.1 Å². The van der Waals surface area contributed by atoms with Crippen LogP contribution in [0.1, 0.15) is 20.3 Å². The smallest absolute Gasteiger partial charge is 0.118 e. The third-order valence-corrected chi connectivity index (χ3v) is 4.39.